The van der Waals surface area contributed by atoms with Gasteiger partial charge in [0.05, 0.1) is 17.8 Å². The number of nitrogens with zero attached hydrogens (tertiary/aromatic N) is 3. The first kappa shape index (κ1) is 17.0. The number of benzene rings is 1. The Balaban J connectivity index is 1.82. The molecule has 0 fully saturated rings. The second kappa shape index (κ2) is 6.93. The molecule has 0 atom stereocenters. The fourth-order valence-electron chi connectivity index (χ4n) is 2.54. The van der Waals surface area contributed by atoms with Crippen LogP contribution in [0.1, 0.15) is 5.01 Å². The number of nitrogens with one attached hydrogen (secondary N) is 1. The van der Waals surface area contributed by atoms with Crippen molar-refractivity contribution >= 4 is 34.3 Å². The quantitative estimate of drug-likeness (QED) is 0.853. The second-order valence-electron chi connectivity index (χ2n) is 5.94. The zero-order valence-electron chi connectivity index (χ0n) is 13.6. The van der Waals surface area contributed by atoms with Crippen molar-refractivity contribution in [3.8, 4) is 11.3 Å². The van der Waals surface area contributed by atoms with E-state index < -0.39 is 0 Å². The Labute approximate surface area is 150 Å². The van der Waals surface area contributed by atoms with Crippen molar-refractivity contribution in [2.45, 2.75) is 0 Å². The minimum Gasteiger partial charge on any atom is -0.510 e. The Kier molecular flexibility index (Phi) is 4.89. The molecule has 0 aliphatic carbocycles. The third kappa shape index (κ3) is 3.45. The lowest BCUT2D eigenvalue weighted by atomic mass is 10.2. The monoisotopic (exact) mass is 362 g/mol. The van der Waals surface area contributed by atoms with Gasteiger partial charge >= 0.3 is 0 Å². The topological polar surface area (TPSA) is 63.5 Å². The Morgan fingerprint density at radius 1 is 1.42 bits per heavy atom. The van der Waals surface area contributed by atoms with Crippen LogP contribution in [-0.2, 0) is 0 Å². The second-order valence-corrected chi connectivity index (χ2v) is 7.24. The molecule has 0 bridgehead atoms. The molecular formula is C17H19ClN4OS. The van der Waals surface area contributed by atoms with Crippen LogP contribution in [0.15, 0.2) is 35.4 Å². The average molecular weight is 363 g/mol. The van der Waals surface area contributed by atoms with Gasteiger partial charge in [0.25, 0.3) is 0 Å². The molecule has 5 nitrogen and oxygen atoms in total. The molecule has 0 saturated heterocycles. The summed E-state index contributed by atoms with van der Waals surface area (Å²) < 4.78 is 0. The molecule has 1 aromatic carbocycles. The van der Waals surface area contributed by atoms with Crippen molar-refractivity contribution in [3.63, 3.8) is 0 Å². The van der Waals surface area contributed by atoms with E-state index in [9.17, 15) is 5.11 Å². The third-order valence-corrected chi connectivity index (χ3v) is 4.93. The summed E-state index contributed by atoms with van der Waals surface area (Å²) in [5.41, 5.74) is 2.27. The zero-order valence-corrected chi connectivity index (χ0v) is 15.2. The van der Waals surface area contributed by atoms with E-state index in [2.05, 4.69) is 9.88 Å². The molecule has 1 aliphatic rings. The molecular weight excluding hydrogens is 344 g/mol. The lowest BCUT2D eigenvalue weighted by Crippen LogP contribution is -2.33. The van der Waals surface area contributed by atoms with E-state index in [0.29, 0.717) is 34.5 Å². The molecule has 2 heterocycles. The van der Waals surface area contributed by atoms with Gasteiger partial charge in [0.2, 0.25) is 0 Å². The van der Waals surface area contributed by atoms with Gasteiger partial charge in [-0.25, -0.2) is 4.98 Å². The highest BCUT2D eigenvalue weighted by Gasteiger charge is 2.30. The summed E-state index contributed by atoms with van der Waals surface area (Å²) >= 11 is 7.47. The van der Waals surface area contributed by atoms with Gasteiger partial charge in [0, 0.05) is 29.1 Å². The van der Waals surface area contributed by atoms with Gasteiger partial charge in [-0.15, -0.1) is 11.3 Å². The van der Waals surface area contributed by atoms with E-state index in [1.807, 2.05) is 48.6 Å². The lowest BCUT2D eigenvalue weighted by Gasteiger charge is -2.20. The number of aliphatic hydroxyl groups excluding tert-OH is 1. The molecule has 1 aliphatic heterocycles. The molecule has 7 heteroatoms. The van der Waals surface area contributed by atoms with Crippen LogP contribution in [0, 0.1) is 5.41 Å². The van der Waals surface area contributed by atoms with Crippen LogP contribution in [0.25, 0.3) is 16.8 Å². The molecule has 0 spiro atoms. The summed E-state index contributed by atoms with van der Waals surface area (Å²) in [5, 5.41) is 21.9. The number of aromatic nitrogens is 1. The Morgan fingerprint density at radius 2 is 2.21 bits per heavy atom. The predicted molar refractivity (Wildman–Crippen MR) is 100.0 cm³/mol. The summed E-state index contributed by atoms with van der Waals surface area (Å²) in [7, 11) is 3.98. The van der Waals surface area contributed by atoms with E-state index in [1.54, 1.807) is 0 Å². The normalized spacial score (nSPS) is 15.0. The van der Waals surface area contributed by atoms with Crippen LogP contribution in [0.5, 0.6) is 0 Å². The molecule has 0 unspecified atom stereocenters. The number of likely N-dealkylation sites (N-methyl/N-ethyl adjacent to an activating group) is 1. The van der Waals surface area contributed by atoms with Crippen LogP contribution < -0.4 is 0 Å². The van der Waals surface area contributed by atoms with Gasteiger partial charge in [0.1, 0.15) is 16.6 Å². The van der Waals surface area contributed by atoms with Crippen LogP contribution in [0.3, 0.4) is 0 Å². The van der Waals surface area contributed by atoms with Crippen molar-refractivity contribution < 1.29 is 5.11 Å². The van der Waals surface area contributed by atoms with Crippen LogP contribution in [0.2, 0.25) is 5.02 Å². The number of aliphatic hydroxyl groups is 1. The number of halogens is 1. The summed E-state index contributed by atoms with van der Waals surface area (Å²) in [6.45, 7) is 1.90. The van der Waals surface area contributed by atoms with Gasteiger partial charge in [-0.2, -0.15) is 0 Å². The highest BCUT2D eigenvalue weighted by molar-refractivity contribution is 7.11. The first-order chi connectivity index (χ1) is 11.5. The van der Waals surface area contributed by atoms with Crippen molar-refractivity contribution in [2.24, 2.45) is 0 Å². The highest BCUT2D eigenvalue weighted by atomic mass is 35.5. The lowest BCUT2D eigenvalue weighted by molar-refractivity contribution is 0.313. The van der Waals surface area contributed by atoms with Crippen molar-refractivity contribution in [3.05, 3.63) is 45.4 Å². The van der Waals surface area contributed by atoms with E-state index in [4.69, 9.17) is 17.0 Å². The smallest absolute Gasteiger partial charge is 0.135 e. The molecule has 0 radical (unpaired) electrons. The van der Waals surface area contributed by atoms with Crippen molar-refractivity contribution in [1.29, 1.82) is 5.41 Å². The average Bonchev–Trinajstić information content (AvgIpc) is 3.10. The summed E-state index contributed by atoms with van der Waals surface area (Å²) in [6, 6.07) is 7.51. The Bertz CT molecular complexity index is 799. The fraction of sp³-hybridized carbons (Fsp3) is 0.294. The molecule has 0 amide bonds. The minimum atomic E-state index is 0.214. The van der Waals surface area contributed by atoms with Gasteiger partial charge in [-0.05, 0) is 26.2 Å². The fourth-order valence-corrected chi connectivity index (χ4v) is 3.62. The number of hydrogen-bond donors (Lipinski definition) is 2. The maximum Gasteiger partial charge on any atom is 0.135 e. The Hall–Kier alpha value is -1.89. The van der Waals surface area contributed by atoms with E-state index >= 15 is 0 Å². The van der Waals surface area contributed by atoms with Gasteiger partial charge < -0.3 is 14.9 Å². The standard InChI is InChI=1S/C17H19ClN4OS/c1-21(2)6-7-22-9-14(23)15(16(22)19)17-20-13(10-24-17)11-4-3-5-12(18)8-11/h3-5,8,10,19,23H,6-7,9H2,1-2H3. The SMILES string of the molecule is CN(C)CCN1CC(O)=C(c2nc(-c3cccc(Cl)c3)cs2)C1=N. The van der Waals surface area contributed by atoms with E-state index in [1.165, 1.54) is 11.3 Å². The molecule has 24 heavy (non-hydrogen) atoms. The van der Waals surface area contributed by atoms with Gasteiger partial charge in [0.15, 0.2) is 0 Å². The third-order valence-electron chi connectivity index (χ3n) is 3.84. The van der Waals surface area contributed by atoms with Crippen molar-refractivity contribution in [2.75, 3.05) is 33.7 Å². The maximum atomic E-state index is 10.3. The minimum absolute atomic E-state index is 0.214. The first-order valence-corrected chi connectivity index (χ1v) is 8.84. The summed E-state index contributed by atoms with van der Waals surface area (Å²) in [5.74, 6) is 0.548. The van der Waals surface area contributed by atoms with E-state index in [-0.39, 0.29) is 5.76 Å². The first-order valence-electron chi connectivity index (χ1n) is 7.58. The summed E-state index contributed by atoms with van der Waals surface area (Å²) in [6.07, 6.45) is 0. The van der Waals surface area contributed by atoms with Crippen LogP contribution >= 0.6 is 22.9 Å². The molecule has 126 valence electrons. The number of rotatable bonds is 5. The highest BCUT2D eigenvalue weighted by Crippen LogP contribution is 2.32. The maximum absolute atomic E-state index is 10.3. The zero-order chi connectivity index (χ0) is 17.3. The largest absolute Gasteiger partial charge is 0.510 e. The molecule has 2 N–H and O–H groups in total. The van der Waals surface area contributed by atoms with Crippen LogP contribution in [0.4, 0.5) is 0 Å². The van der Waals surface area contributed by atoms with Crippen LogP contribution in [-0.4, -0.2) is 59.5 Å². The molecule has 3 rings (SSSR count). The molecule has 1 aromatic heterocycles. The van der Waals surface area contributed by atoms with Crippen molar-refractivity contribution in [1.82, 2.24) is 14.8 Å². The van der Waals surface area contributed by atoms with Gasteiger partial charge in [-0.1, -0.05) is 23.7 Å². The number of hydrogen-bond acceptors (Lipinski definition) is 5. The Morgan fingerprint density at radius 3 is 2.92 bits per heavy atom. The molecule has 0 saturated carbocycles. The van der Waals surface area contributed by atoms with Gasteiger partial charge in [-0.3, -0.25) is 5.41 Å². The molecule has 2 aromatic rings. The van der Waals surface area contributed by atoms with E-state index in [0.717, 1.165) is 17.8 Å². The number of thiazole rings is 1. The number of amidine groups is 1. The predicted octanol–water partition coefficient (Wildman–Crippen LogP) is 3.59. The summed E-state index contributed by atoms with van der Waals surface area (Å²) in [4.78, 5) is 8.52.